The van der Waals surface area contributed by atoms with Gasteiger partial charge in [-0.05, 0) is 52.3 Å². The summed E-state index contributed by atoms with van der Waals surface area (Å²) in [5.41, 5.74) is -0.830. The molecule has 0 aliphatic rings. The highest BCUT2D eigenvalue weighted by Crippen LogP contribution is 2.34. The minimum atomic E-state index is -4.54. The molecule has 0 bridgehead atoms. The van der Waals surface area contributed by atoms with E-state index in [2.05, 4.69) is 37.2 Å². The summed E-state index contributed by atoms with van der Waals surface area (Å²) in [6, 6.07) is 9.27. The van der Waals surface area contributed by atoms with Gasteiger partial charge < -0.3 is 10.1 Å². The van der Waals surface area contributed by atoms with Crippen LogP contribution in [0.4, 0.5) is 18.9 Å². The fraction of sp³-hybridized carbons (Fsp3) is 0.111. The Morgan fingerprint density at radius 3 is 2.56 bits per heavy atom. The number of alkyl halides is 3. The largest absolute Gasteiger partial charge is 0.495 e. The van der Waals surface area contributed by atoms with Gasteiger partial charge in [0.1, 0.15) is 17.4 Å². The number of nitriles is 1. The van der Waals surface area contributed by atoms with Crippen molar-refractivity contribution in [3.8, 4) is 11.8 Å². The summed E-state index contributed by atoms with van der Waals surface area (Å²) >= 11 is 6.61. The summed E-state index contributed by atoms with van der Waals surface area (Å²) < 4.78 is 44.9. The van der Waals surface area contributed by atoms with Crippen molar-refractivity contribution >= 4 is 49.5 Å². The third kappa shape index (κ3) is 5.34. The number of halogens is 5. The lowest BCUT2D eigenvalue weighted by atomic mass is 10.1. The van der Waals surface area contributed by atoms with Crippen LogP contribution < -0.4 is 10.1 Å². The molecule has 27 heavy (non-hydrogen) atoms. The van der Waals surface area contributed by atoms with Crippen LogP contribution in [0.1, 0.15) is 11.1 Å². The maximum absolute atomic E-state index is 12.8. The van der Waals surface area contributed by atoms with Crippen LogP contribution in [-0.2, 0) is 11.0 Å². The van der Waals surface area contributed by atoms with Gasteiger partial charge in [0, 0.05) is 15.7 Å². The zero-order chi connectivity index (χ0) is 20.2. The Morgan fingerprint density at radius 1 is 1.26 bits per heavy atom. The van der Waals surface area contributed by atoms with E-state index in [1.807, 2.05) is 0 Å². The van der Waals surface area contributed by atoms with E-state index in [1.54, 1.807) is 18.2 Å². The second-order valence-corrected chi connectivity index (χ2v) is 6.98. The fourth-order valence-corrected chi connectivity index (χ4v) is 3.60. The predicted octanol–water partition coefficient (Wildman–Crippen LogP) is 5.78. The molecule has 0 saturated heterocycles. The van der Waals surface area contributed by atoms with Gasteiger partial charge in [0.25, 0.3) is 5.91 Å². The molecule has 0 spiro atoms. The van der Waals surface area contributed by atoms with E-state index in [0.29, 0.717) is 20.3 Å². The van der Waals surface area contributed by atoms with E-state index in [1.165, 1.54) is 25.3 Å². The van der Waals surface area contributed by atoms with Crippen LogP contribution in [0, 0.1) is 11.3 Å². The Bertz CT molecular complexity index is 951. The number of benzene rings is 2. The van der Waals surface area contributed by atoms with Gasteiger partial charge in [0.15, 0.2) is 0 Å². The van der Waals surface area contributed by atoms with Crippen LogP contribution in [0.3, 0.4) is 0 Å². The molecule has 0 unspecified atom stereocenters. The number of hydrogen-bond acceptors (Lipinski definition) is 3. The zero-order valence-corrected chi connectivity index (χ0v) is 16.9. The molecule has 0 fully saturated rings. The molecule has 0 radical (unpaired) electrons. The van der Waals surface area contributed by atoms with Crippen molar-refractivity contribution < 1.29 is 22.7 Å². The van der Waals surface area contributed by atoms with Gasteiger partial charge in [0.2, 0.25) is 0 Å². The van der Waals surface area contributed by atoms with Crippen molar-refractivity contribution in [3.05, 3.63) is 62.0 Å². The van der Waals surface area contributed by atoms with Crippen molar-refractivity contribution in [3.63, 3.8) is 0 Å². The van der Waals surface area contributed by atoms with Crippen LogP contribution in [0.2, 0.25) is 0 Å². The number of nitrogens with zero attached hydrogens (tertiary/aromatic N) is 1. The summed E-state index contributed by atoms with van der Waals surface area (Å²) in [4.78, 5) is 12.3. The van der Waals surface area contributed by atoms with Crippen LogP contribution in [0.5, 0.6) is 5.75 Å². The van der Waals surface area contributed by atoms with E-state index < -0.39 is 17.6 Å². The maximum Gasteiger partial charge on any atom is 0.416 e. The summed E-state index contributed by atoms with van der Waals surface area (Å²) in [6.07, 6.45) is -3.25. The van der Waals surface area contributed by atoms with Gasteiger partial charge in [-0.25, -0.2) is 0 Å². The van der Waals surface area contributed by atoms with E-state index in [-0.39, 0.29) is 11.3 Å². The van der Waals surface area contributed by atoms with Gasteiger partial charge in [-0.2, -0.15) is 18.4 Å². The molecule has 0 aliphatic carbocycles. The normalized spacial score (nSPS) is 11.7. The lowest BCUT2D eigenvalue weighted by Crippen LogP contribution is -2.14. The second-order valence-electron chi connectivity index (χ2n) is 5.21. The van der Waals surface area contributed by atoms with Gasteiger partial charge >= 0.3 is 6.18 Å². The summed E-state index contributed by atoms with van der Waals surface area (Å²) in [5.74, 6) is -0.437. The molecule has 2 aromatic rings. The molecule has 2 rings (SSSR count). The van der Waals surface area contributed by atoms with Crippen molar-refractivity contribution in [2.75, 3.05) is 12.4 Å². The Balaban J connectivity index is 2.35. The number of rotatable bonds is 4. The highest BCUT2D eigenvalue weighted by atomic mass is 79.9. The molecule has 9 heteroatoms. The molecule has 0 aromatic heterocycles. The van der Waals surface area contributed by atoms with E-state index in [0.717, 1.165) is 12.1 Å². The highest BCUT2D eigenvalue weighted by molar-refractivity contribution is 9.11. The lowest BCUT2D eigenvalue weighted by Gasteiger charge is -2.11. The molecule has 0 aliphatic heterocycles. The maximum atomic E-state index is 12.8. The quantitative estimate of drug-likeness (QED) is 0.424. The van der Waals surface area contributed by atoms with Gasteiger partial charge in [-0.15, -0.1) is 0 Å². The van der Waals surface area contributed by atoms with Crippen molar-refractivity contribution in [1.29, 1.82) is 5.26 Å². The Morgan fingerprint density at radius 2 is 1.96 bits per heavy atom. The number of carbonyl (C=O) groups is 1. The Kier molecular flexibility index (Phi) is 6.68. The fourth-order valence-electron chi connectivity index (χ4n) is 2.18. The third-order valence-electron chi connectivity index (χ3n) is 3.35. The lowest BCUT2D eigenvalue weighted by molar-refractivity contribution is -0.137. The molecule has 0 saturated carbocycles. The number of nitrogens with one attached hydrogen (secondary N) is 1. The first-order valence-corrected chi connectivity index (χ1v) is 8.87. The van der Waals surface area contributed by atoms with Crippen LogP contribution in [0.25, 0.3) is 6.08 Å². The number of carbonyl (C=O) groups excluding carboxylic acids is 1. The van der Waals surface area contributed by atoms with E-state index in [9.17, 15) is 23.2 Å². The molecule has 0 heterocycles. The molecule has 0 atom stereocenters. The monoisotopic (exact) mass is 502 g/mol. The van der Waals surface area contributed by atoms with Crippen molar-refractivity contribution in [1.82, 2.24) is 0 Å². The van der Waals surface area contributed by atoms with Crippen molar-refractivity contribution in [2.45, 2.75) is 6.18 Å². The standard InChI is InChI=1S/C18H11Br2F3N2O2/c1-27-16-10(6-13(19)8-15(16)20)5-11(9-24)17(26)25-14-4-2-3-12(7-14)18(21,22)23/h2-8H,1H3,(H,25,26)/b11-5+. The van der Waals surface area contributed by atoms with Crippen LogP contribution in [-0.4, -0.2) is 13.0 Å². The number of methoxy groups -OCH3 is 1. The number of ether oxygens (including phenoxy) is 1. The first kappa shape index (κ1) is 21.0. The number of hydrogen-bond donors (Lipinski definition) is 1. The first-order chi connectivity index (χ1) is 12.7. The molecular formula is C18H11Br2F3N2O2. The van der Waals surface area contributed by atoms with Gasteiger partial charge in [-0.1, -0.05) is 22.0 Å². The average molecular weight is 504 g/mol. The summed E-state index contributed by atoms with van der Waals surface area (Å²) in [5, 5.41) is 11.6. The van der Waals surface area contributed by atoms with Crippen LogP contribution in [0.15, 0.2) is 50.9 Å². The predicted molar refractivity (Wildman–Crippen MR) is 102 cm³/mol. The Labute approximate surface area is 169 Å². The molecular weight excluding hydrogens is 493 g/mol. The topological polar surface area (TPSA) is 62.1 Å². The minimum absolute atomic E-state index is 0.0710. The molecule has 1 amide bonds. The number of anilines is 1. The second kappa shape index (κ2) is 8.59. The summed E-state index contributed by atoms with van der Waals surface area (Å²) in [7, 11) is 1.43. The molecule has 2 aromatic carbocycles. The third-order valence-corrected chi connectivity index (χ3v) is 4.40. The zero-order valence-electron chi connectivity index (χ0n) is 13.7. The molecule has 1 N–H and O–H groups in total. The summed E-state index contributed by atoms with van der Waals surface area (Å²) in [6.45, 7) is 0. The first-order valence-electron chi connectivity index (χ1n) is 7.29. The van der Waals surface area contributed by atoms with Crippen LogP contribution >= 0.6 is 31.9 Å². The molecule has 4 nitrogen and oxygen atoms in total. The highest BCUT2D eigenvalue weighted by Gasteiger charge is 2.30. The average Bonchev–Trinajstić information content (AvgIpc) is 2.58. The van der Waals surface area contributed by atoms with Gasteiger partial charge in [-0.3, -0.25) is 4.79 Å². The van der Waals surface area contributed by atoms with E-state index >= 15 is 0 Å². The number of amides is 1. The van der Waals surface area contributed by atoms with Crippen molar-refractivity contribution in [2.24, 2.45) is 0 Å². The smallest absolute Gasteiger partial charge is 0.416 e. The SMILES string of the molecule is COc1c(Br)cc(Br)cc1/C=C(\C#N)C(=O)Nc1cccc(C(F)(F)F)c1. The minimum Gasteiger partial charge on any atom is -0.495 e. The van der Waals surface area contributed by atoms with E-state index in [4.69, 9.17) is 4.74 Å². The van der Waals surface area contributed by atoms with Gasteiger partial charge in [0.05, 0.1) is 17.1 Å². The molecule has 140 valence electrons. The Hall–Kier alpha value is -2.31.